The Balaban J connectivity index is 2.27. The van der Waals surface area contributed by atoms with Crippen molar-refractivity contribution in [1.29, 1.82) is 0 Å². The minimum Gasteiger partial charge on any atom is -0.497 e. The minimum atomic E-state index is -0.544. The van der Waals surface area contributed by atoms with Crippen LogP contribution in [0.2, 0.25) is 0 Å². The molecule has 1 unspecified atom stereocenters. The smallest absolute Gasteiger partial charge is 0.256 e. The number of piperidine rings is 1. The van der Waals surface area contributed by atoms with E-state index >= 15 is 0 Å². The Labute approximate surface area is 117 Å². The normalized spacial score (nSPS) is 18.6. The quantitative estimate of drug-likeness (QED) is 0.797. The zero-order valence-corrected chi connectivity index (χ0v) is 11.5. The highest BCUT2D eigenvalue weighted by Gasteiger charge is 2.31. The first-order chi connectivity index (χ1) is 9.54. The number of nitrogens with two attached hydrogens (primary N) is 2. The van der Waals surface area contributed by atoms with Gasteiger partial charge in [-0.3, -0.25) is 9.59 Å². The van der Waals surface area contributed by atoms with E-state index < -0.39 is 11.9 Å². The van der Waals surface area contributed by atoms with Crippen LogP contribution in [0, 0.1) is 0 Å². The largest absolute Gasteiger partial charge is 0.497 e. The van der Waals surface area contributed by atoms with E-state index in [1.807, 2.05) is 0 Å². The third kappa shape index (κ3) is 2.68. The summed E-state index contributed by atoms with van der Waals surface area (Å²) in [4.78, 5) is 25.5. The first-order valence-corrected chi connectivity index (χ1v) is 6.58. The van der Waals surface area contributed by atoms with Gasteiger partial charge in [-0.25, -0.2) is 0 Å². The number of rotatable bonds is 3. The average molecular weight is 277 g/mol. The molecule has 0 spiro atoms. The van der Waals surface area contributed by atoms with Gasteiger partial charge in [-0.05, 0) is 31.4 Å². The molecule has 0 radical (unpaired) electrons. The van der Waals surface area contributed by atoms with Crippen LogP contribution in [0.25, 0.3) is 0 Å². The van der Waals surface area contributed by atoms with E-state index in [1.165, 1.54) is 12.0 Å². The number of methoxy groups -OCH3 is 1. The Morgan fingerprint density at radius 3 is 2.70 bits per heavy atom. The fraction of sp³-hybridized carbons (Fsp3) is 0.429. The van der Waals surface area contributed by atoms with Gasteiger partial charge >= 0.3 is 0 Å². The molecule has 1 aliphatic heterocycles. The minimum absolute atomic E-state index is 0.256. The van der Waals surface area contributed by atoms with E-state index in [4.69, 9.17) is 16.2 Å². The van der Waals surface area contributed by atoms with Crippen molar-refractivity contribution < 1.29 is 14.3 Å². The number of primary amides is 1. The first kappa shape index (κ1) is 14.2. The van der Waals surface area contributed by atoms with Crippen molar-refractivity contribution in [1.82, 2.24) is 4.90 Å². The number of likely N-dealkylation sites (tertiary alicyclic amines) is 1. The molecule has 1 fully saturated rings. The summed E-state index contributed by atoms with van der Waals surface area (Å²) in [6.45, 7) is 0.526. The molecule has 1 aliphatic rings. The van der Waals surface area contributed by atoms with Gasteiger partial charge in [0.1, 0.15) is 11.8 Å². The van der Waals surface area contributed by atoms with Gasteiger partial charge in [0.05, 0.1) is 12.7 Å². The van der Waals surface area contributed by atoms with Gasteiger partial charge in [0.2, 0.25) is 5.91 Å². The lowest BCUT2D eigenvalue weighted by molar-refractivity contribution is -0.123. The monoisotopic (exact) mass is 277 g/mol. The third-order valence-corrected chi connectivity index (χ3v) is 3.58. The van der Waals surface area contributed by atoms with E-state index in [1.54, 1.807) is 18.2 Å². The second kappa shape index (κ2) is 5.81. The molecule has 4 N–H and O–H groups in total. The van der Waals surface area contributed by atoms with Crippen LogP contribution in [0.15, 0.2) is 18.2 Å². The Hall–Kier alpha value is -2.24. The number of nitrogen functional groups attached to an aromatic ring is 1. The van der Waals surface area contributed by atoms with Crippen LogP contribution in [-0.2, 0) is 4.79 Å². The van der Waals surface area contributed by atoms with Crippen LogP contribution in [-0.4, -0.2) is 36.4 Å². The van der Waals surface area contributed by atoms with Crippen molar-refractivity contribution in [2.24, 2.45) is 5.73 Å². The predicted molar refractivity (Wildman–Crippen MR) is 75.3 cm³/mol. The number of hydrogen-bond acceptors (Lipinski definition) is 4. The number of benzene rings is 1. The summed E-state index contributed by atoms with van der Waals surface area (Å²) in [6, 6.07) is 4.34. The Morgan fingerprint density at radius 2 is 2.10 bits per heavy atom. The highest BCUT2D eigenvalue weighted by atomic mass is 16.5. The zero-order valence-electron chi connectivity index (χ0n) is 11.5. The summed E-state index contributed by atoms with van der Waals surface area (Å²) in [5.41, 5.74) is 12.0. The van der Waals surface area contributed by atoms with Crippen LogP contribution in [0.5, 0.6) is 5.75 Å². The lowest BCUT2D eigenvalue weighted by Gasteiger charge is -2.34. The standard InChI is InChI=1S/C14H19N3O3/c1-20-9-5-6-10(11(15)8-9)14(19)17-7-3-2-4-12(17)13(16)18/h5-6,8,12H,2-4,7,15H2,1H3,(H2,16,18). The molecule has 0 saturated carbocycles. The Kier molecular flexibility index (Phi) is 4.12. The summed E-state index contributed by atoms with van der Waals surface area (Å²) in [5.74, 6) is -0.136. The maximum atomic E-state index is 12.5. The van der Waals surface area contributed by atoms with Gasteiger partial charge in [-0.15, -0.1) is 0 Å². The topological polar surface area (TPSA) is 98.6 Å². The number of carbonyl (C=O) groups is 2. The van der Waals surface area contributed by atoms with Crippen molar-refractivity contribution in [2.75, 3.05) is 19.4 Å². The Morgan fingerprint density at radius 1 is 1.35 bits per heavy atom. The molecule has 1 saturated heterocycles. The number of amides is 2. The molecule has 1 heterocycles. The van der Waals surface area contributed by atoms with Crippen molar-refractivity contribution in [3.8, 4) is 5.75 Å². The van der Waals surface area contributed by atoms with E-state index in [2.05, 4.69) is 0 Å². The molecule has 1 aromatic carbocycles. The van der Waals surface area contributed by atoms with E-state index in [0.717, 1.165) is 12.8 Å². The highest BCUT2D eigenvalue weighted by molar-refractivity contribution is 6.01. The number of nitrogens with zero attached hydrogens (tertiary/aromatic N) is 1. The number of hydrogen-bond donors (Lipinski definition) is 2. The fourth-order valence-electron chi connectivity index (χ4n) is 2.49. The molecular weight excluding hydrogens is 258 g/mol. The van der Waals surface area contributed by atoms with E-state index in [-0.39, 0.29) is 5.91 Å². The molecule has 1 atom stereocenters. The number of ether oxygens (including phenoxy) is 1. The molecule has 0 aliphatic carbocycles. The molecule has 6 nitrogen and oxygen atoms in total. The average Bonchev–Trinajstić information content (AvgIpc) is 2.46. The van der Waals surface area contributed by atoms with Crippen molar-refractivity contribution >= 4 is 17.5 Å². The van der Waals surface area contributed by atoms with Gasteiger partial charge in [0.15, 0.2) is 0 Å². The van der Waals surface area contributed by atoms with Crippen LogP contribution in [0.4, 0.5) is 5.69 Å². The van der Waals surface area contributed by atoms with Gasteiger partial charge in [0.25, 0.3) is 5.91 Å². The third-order valence-electron chi connectivity index (χ3n) is 3.58. The molecule has 2 rings (SSSR count). The van der Waals surface area contributed by atoms with Gasteiger partial charge in [-0.2, -0.15) is 0 Å². The van der Waals surface area contributed by atoms with Crippen molar-refractivity contribution in [3.63, 3.8) is 0 Å². The lowest BCUT2D eigenvalue weighted by Crippen LogP contribution is -2.50. The van der Waals surface area contributed by atoms with E-state index in [0.29, 0.717) is 30.0 Å². The van der Waals surface area contributed by atoms with Crippen LogP contribution < -0.4 is 16.2 Å². The zero-order chi connectivity index (χ0) is 14.7. The Bertz CT molecular complexity index is 530. The molecule has 20 heavy (non-hydrogen) atoms. The van der Waals surface area contributed by atoms with Crippen LogP contribution in [0.3, 0.4) is 0 Å². The first-order valence-electron chi connectivity index (χ1n) is 6.58. The summed E-state index contributed by atoms with van der Waals surface area (Å²) >= 11 is 0. The maximum Gasteiger partial charge on any atom is 0.256 e. The second-order valence-electron chi connectivity index (χ2n) is 4.87. The maximum absolute atomic E-state index is 12.5. The van der Waals surface area contributed by atoms with Crippen molar-refractivity contribution in [2.45, 2.75) is 25.3 Å². The molecule has 6 heteroatoms. The number of anilines is 1. The number of carbonyl (C=O) groups excluding carboxylic acids is 2. The van der Waals surface area contributed by atoms with E-state index in [9.17, 15) is 9.59 Å². The molecule has 1 aromatic rings. The lowest BCUT2D eigenvalue weighted by atomic mass is 10.00. The van der Waals surface area contributed by atoms with Gasteiger partial charge in [-0.1, -0.05) is 0 Å². The second-order valence-corrected chi connectivity index (χ2v) is 4.87. The molecule has 2 amide bonds. The summed E-state index contributed by atoms with van der Waals surface area (Å²) in [6.07, 6.45) is 2.37. The molecule has 108 valence electrons. The molecular formula is C14H19N3O3. The molecule has 0 bridgehead atoms. The SMILES string of the molecule is COc1ccc(C(=O)N2CCCCC2C(N)=O)c(N)c1. The van der Waals surface area contributed by atoms with Gasteiger partial charge in [0, 0.05) is 18.3 Å². The summed E-state index contributed by atoms with van der Waals surface area (Å²) in [5, 5.41) is 0. The van der Waals surface area contributed by atoms with Gasteiger partial charge < -0.3 is 21.1 Å². The van der Waals surface area contributed by atoms with Crippen molar-refractivity contribution in [3.05, 3.63) is 23.8 Å². The molecule has 0 aromatic heterocycles. The predicted octanol–water partition coefficient (Wildman–Crippen LogP) is 0.757. The fourth-order valence-corrected chi connectivity index (χ4v) is 2.49. The highest BCUT2D eigenvalue weighted by Crippen LogP contribution is 2.24. The van der Waals surface area contributed by atoms with Crippen LogP contribution in [0.1, 0.15) is 29.6 Å². The van der Waals surface area contributed by atoms with Crippen LogP contribution >= 0.6 is 0 Å². The summed E-state index contributed by atoms with van der Waals surface area (Å²) in [7, 11) is 1.53. The summed E-state index contributed by atoms with van der Waals surface area (Å²) < 4.78 is 5.06.